The standard InChI is InChI=1S/C16H18N4O5/c1-2-13(21)12(7-15(23)24)20-14(22)8-18-16(25)10-4-3-5-11(6-10)19-9-17/h2-6,9,12H,1,7-8H2,(H2,17,19)(H,18,25)(H,20,22)(H,23,24). The number of nitrogens with two attached hydrogens (primary N) is 1. The average molecular weight is 346 g/mol. The predicted octanol–water partition coefficient (Wildman–Crippen LogP) is -0.250. The van der Waals surface area contributed by atoms with Gasteiger partial charge in [-0.25, -0.2) is 4.99 Å². The van der Waals surface area contributed by atoms with Crippen molar-refractivity contribution >= 4 is 35.6 Å². The largest absolute Gasteiger partial charge is 0.481 e. The van der Waals surface area contributed by atoms with Gasteiger partial charge in [0.25, 0.3) is 5.91 Å². The predicted molar refractivity (Wildman–Crippen MR) is 90.5 cm³/mol. The zero-order valence-corrected chi connectivity index (χ0v) is 13.3. The van der Waals surface area contributed by atoms with Crippen LogP contribution in [0.2, 0.25) is 0 Å². The van der Waals surface area contributed by atoms with Gasteiger partial charge >= 0.3 is 5.97 Å². The summed E-state index contributed by atoms with van der Waals surface area (Å²) in [6.07, 6.45) is 1.43. The maximum Gasteiger partial charge on any atom is 0.305 e. The highest BCUT2D eigenvalue weighted by Crippen LogP contribution is 2.13. The lowest BCUT2D eigenvalue weighted by molar-refractivity contribution is -0.139. The molecule has 9 heteroatoms. The molecule has 0 fully saturated rings. The third-order valence-corrected chi connectivity index (χ3v) is 3.00. The van der Waals surface area contributed by atoms with Gasteiger partial charge in [-0.15, -0.1) is 0 Å². The Morgan fingerprint density at radius 1 is 1.32 bits per heavy atom. The molecule has 1 aromatic rings. The Morgan fingerprint density at radius 3 is 2.64 bits per heavy atom. The van der Waals surface area contributed by atoms with Crippen LogP contribution < -0.4 is 16.4 Å². The van der Waals surface area contributed by atoms with E-state index in [0.717, 1.165) is 12.4 Å². The van der Waals surface area contributed by atoms with Crippen LogP contribution in [0.25, 0.3) is 0 Å². The fourth-order valence-corrected chi connectivity index (χ4v) is 1.86. The number of ketones is 1. The van der Waals surface area contributed by atoms with Crippen molar-refractivity contribution in [2.75, 3.05) is 6.54 Å². The molecule has 0 saturated heterocycles. The van der Waals surface area contributed by atoms with Crippen molar-refractivity contribution in [3.05, 3.63) is 42.5 Å². The fourth-order valence-electron chi connectivity index (χ4n) is 1.86. The van der Waals surface area contributed by atoms with Crippen molar-refractivity contribution in [2.24, 2.45) is 10.7 Å². The quantitative estimate of drug-likeness (QED) is 0.275. The Labute approximate surface area is 143 Å². The molecule has 0 saturated carbocycles. The molecule has 0 heterocycles. The SMILES string of the molecule is C=CC(=O)C(CC(=O)O)NC(=O)CNC(=O)c1cccc(N=CN)c1. The molecule has 0 aliphatic carbocycles. The molecule has 25 heavy (non-hydrogen) atoms. The van der Waals surface area contributed by atoms with E-state index in [-0.39, 0.29) is 5.56 Å². The summed E-state index contributed by atoms with van der Waals surface area (Å²) in [5.74, 6) is -3.11. The minimum atomic E-state index is -1.25. The molecule has 0 aromatic heterocycles. The van der Waals surface area contributed by atoms with Gasteiger partial charge in [-0.05, 0) is 24.3 Å². The van der Waals surface area contributed by atoms with Crippen molar-refractivity contribution in [3.63, 3.8) is 0 Å². The van der Waals surface area contributed by atoms with Crippen LogP contribution in [0, 0.1) is 0 Å². The van der Waals surface area contributed by atoms with E-state index in [9.17, 15) is 19.2 Å². The normalized spacial score (nSPS) is 11.5. The second-order valence-electron chi connectivity index (χ2n) is 4.84. The lowest BCUT2D eigenvalue weighted by Gasteiger charge is -2.14. The van der Waals surface area contributed by atoms with Gasteiger partial charge in [0.2, 0.25) is 5.91 Å². The van der Waals surface area contributed by atoms with Gasteiger partial charge in [-0.3, -0.25) is 19.2 Å². The summed E-state index contributed by atoms with van der Waals surface area (Å²) in [6, 6.07) is 5.01. The lowest BCUT2D eigenvalue weighted by Crippen LogP contribution is -2.46. The van der Waals surface area contributed by atoms with Crippen molar-refractivity contribution in [2.45, 2.75) is 12.5 Å². The number of aliphatic carboxylic acids is 1. The molecule has 0 radical (unpaired) electrons. The summed E-state index contributed by atoms with van der Waals surface area (Å²) < 4.78 is 0. The first-order valence-corrected chi connectivity index (χ1v) is 7.17. The highest BCUT2D eigenvalue weighted by atomic mass is 16.4. The number of amides is 2. The third-order valence-electron chi connectivity index (χ3n) is 3.00. The van der Waals surface area contributed by atoms with E-state index in [1.54, 1.807) is 12.1 Å². The minimum absolute atomic E-state index is 0.264. The number of carboxylic acid groups (broad SMARTS) is 1. The van der Waals surface area contributed by atoms with E-state index < -0.39 is 42.6 Å². The number of hydrogen-bond donors (Lipinski definition) is 4. The van der Waals surface area contributed by atoms with Crippen molar-refractivity contribution in [3.8, 4) is 0 Å². The molecular weight excluding hydrogens is 328 g/mol. The number of nitrogens with one attached hydrogen (secondary N) is 2. The van der Waals surface area contributed by atoms with E-state index in [1.165, 1.54) is 12.1 Å². The zero-order valence-electron chi connectivity index (χ0n) is 13.3. The highest BCUT2D eigenvalue weighted by molar-refractivity contribution is 6.00. The van der Waals surface area contributed by atoms with Gasteiger partial charge in [-0.2, -0.15) is 0 Å². The second-order valence-corrected chi connectivity index (χ2v) is 4.84. The van der Waals surface area contributed by atoms with Crippen LogP contribution in [0.3, 0.4) is 0 Å². The van der Waals surface area contributed by atoms with Crippen LogP contribution >= 0.6 is 0 Å². The van der Waals surface area contributed by atoms with Gasteiger partial charge < -0.3 is 21.5 Å². The maximum absolute atomic E-state index is 12.0. The lowest BCUT2D eigenvalue weighted by atomic mass is 10.1. The van der Waals surface area contributed by atoms with Crippen LogP contribution in [0.5, 0.6) is 0 Å². The van der Waals surface area contributed by atoms with Gasteiger partial charge in [-0.1, -0.05) is 12.6 Å². The Bertz CT molecular complexity index is 714. The summed E-state index contributed by atoms with van der Waals surface area (Å²) in [5.41, 5.74) is 5.91. The topological polar surface area (TPSA) is 151 Å². The Kier molecular flexibility index (Phi) is 7.51. The Morgan fingerprint density at radius 2 is 2.04 bits per heavy atom. The number of carbonyl (C=O) groups is 4. The molecule has 2 amide bonds. The number of carboxylic acids is 1. The van der Waals surface area contributed by atoms with E-state index in [2.05, 4.69) is 22.2 Å². The number of carbonyl (C=O) groups excluding carboxylic acids is 3. The fraction of sp³-hybridized carbons (Fsp3) is 0.188. The van der Waals surface area contributed by atoms with Crippen molar-refractivity contribution < 1.29 is 24.3 Å². The summed E-state index contributed by atoms with van der Waals surface area (Å²) in [6.45, 7) is 2.82. The van der Waals surface area contributed by atoms with E-state index in [0.29, 0.717) is 5.69 Å². The first-order valence-electron chi connectivity index (χ1n) is 7.17. The van der Waals surface area contributed by atoms with E-state index in [4.69, 9.17) is 10.8 Å². The Balaban J connectivity index is 2.63. The van der Waals surface area contributed by atoms with Gasteiger partial charge in [0, 0.05) is 5.56 Å². The molecule has 1 aromatic carbocycles. The van der Waals surface area contributed by atoms with Crippen LogP contribution in [0.1, 0.15) is 16.8 Å². The van der Waals surface area contributed by atoms with Gasteiger partial charge in [0.1, 0.15) is 6.04 Å². The molecule has 0 aliphatic heterocycles. The smallest absolute Gasteiger partial charge is 0.305 e. The monoisotopic (exact) mass is 346 g/mol. The average Bonchev–Trinajstić information content (AvgIpc) is 2.58. The molecule has 1 unspecified atom stereocenters. The molecular formula is C16H18N4O5. The summed E-state index contributed by atoms with van der Waals surface area (Å²) in [7, 11) is 0. The number of rotatable bonds is 9. The van der Waals surface area contributed by atoms with Gasteiger partial charge in [0.05, 0.1) is 25.0 Å². The van der Waals surface area contributed by atoms with Crippen LogP contribution in [0.15, 0.2) is 41.9 Å². The van der Waals surface area contributed by atoms with Crippen LogP contribution in [0.4, 0.5) is 5.69 Å². The molecule has 0 spiro atoms. The van der Waals surface area contributed by atoms with Crippen LogP contribution in [-0.4, -0.2) is 47.6 Å². The molecule has 0 aliphatic rings. The second kappa shape index (κ2) is 9.60. The molecule has 5 N–H and O–H groups in total. The van der Waals surface area contributed by atoms with Gasteiger partial charge in [0.15, 0.2) is 5.78 Å². The zero-order chi connectivity index (χ0) is 18.8. The van der Waals surface area contributed by atoms with Crippen LogP contribution in [-0.2, 0) is 14.4 Å². The summed E-state index contributed by atoms with van der Waals surface area (Å²) in [5, 5.41) is 13.4. The third kappa shape index (κ3) is 6.65. The Hall–Kier alpha value is -3.49. The number of hydrogen-bond acceptors (Lipinski definition) is 5. The molecule has 1 atom stereocenters. The van der Waals surface area contributed by atoms with E-state index in [1.807, 2.05) is 0 Å². The molecule has 1 rings (SSSR count). The first kappa shape index (κ1) is 19.6. The summed E-state index contributed by atoms with van der Waals surface area (Å²) >= 11 is 0. The van der Waals surface area contributed by atoms with Crippen molar-refractivity contribution in [1.82, 2.24) is 10.6 Å². The molecule has 9 nitrogen and oxygen atoms in total. The number of aliphatic imine (C=N–C) groups is 1. The number of nitrogens with zero attached hydrogens (tertiary/aromatic N) is 1. The first-order chi connectivity index (χ1) is 11.9. The number of benzene rings is 1. The molecule has 0 bridgehead atoms. The summed E-state index contributed by atoms with van der Waals surface area (Å²) in [4.78, 5) is 49.9. The van der Waals surface area contributed by atoms with E-state index >= 15 is 0 Å². The maximum atomic E-state index is 12.0. The molecule has 132 valence electrons. The highest BCUT2D eigenvalue weighted by Gasteiger charge is 2.21. The minimum Gasteiger partial charge on any atom is -0.481 e. The van der Waals surface area contributed by atoms with Crippen molar-refractivity contribution in [1.29, 1.82) is 0 Å².